The number of carbonyl (C=O) groups is 2. The van der Waals surface area contributed by atoms with Gasteiger partial charge in [0.1, 0.15) is 19.8 Å². The van der Waals surface area contributed by atoms with E-state index in [4.69, 9.17) is 18.5 Å². The number of hydrogen-bond acceptors (Lipinski definition) is 7. The van der Waals surface area contributed by atoms with Crippen molar-refractivity contribution in [1.82, 2.24) is 0 Å². The number of hydrogen-bond donors (Lipinski definition) is 1. The molecule has 0 fully saturated rings. The third-order valence-electron chi connectivity index (χ3n) is 8.33. The lowest BCUT2D eigenvalue weighted by atomic mass is 10.1. The molecule has 0 radical (unpaired) electrons. The number of carbonyl (C=O) groups excluding carboxylic acids is 2. The Kier molecular flexibility index (Phi) is 33.4. The average molecular weight is 755 g/mol. The van der Waals surface area contributed by atoms with E-state index in [1.165, 1.54) is 25.7 Å². The zero-order valence-corrected chi connectivity index (χ0v) is 34.7. The van der Waals surface area contributed by atoms with Crippen molar-refractivity contribution in [3.8, 4) is 0 Å². The smallest absolute Gasteiger partial charge is 0.462 e. The first-order valence-corrected chi connectivity index (χ1v) is 21.9. The molecule has 0 aliphatic carbocycles. The maximum Gasteiger partial charge on any atom is 0.472 e. The van der Waals surface area contributed by atoms with Gasteiger partial charge < -0.3 is 18.9 Å². The molecule has 9 nitrogen and oxygen atoms in total. The first kappa shape index (κ1) is 50.0. The Morgan fingerprint density at radius 2 is 1.04 bits per heavy atom. The zero-order valence-electron chi connectivity index (χ0n) is 33.8. The molecule has 0 bridgehead atoms. The summed E-state index contributed by atoms with van der Waals surface area (Å²) in [6, 6.07) is 0. The average Bonchev–Trinajstić information content (AvgIpc) is 3.09. The predicted octanol–water partition coefficient (Wildman–Crippen LogP) is 11.1. The van der Waals surface area contributed by atoms with Crippen LogP contribution in [0.15, 0.2) is 48.6 Å². The highest BCUT2D eigenvalue weighted by Gasteiger charge is 2.27. The summed E-state index contributed by atoms with van der Waals surface area (Å²) in [6.07, 6.45) is 38.6. The molecule has 52 heavy (non-hydrogen) atoms. The Bertz CT molecular complexity index is 1030. The van der Waals surface area contributed by atoms with Gasteiger partial charge in [-0.3, -0.25) is 18.6 Å². The van der Waals surface area contributed by atoms with Crippen LogP contribution in [0.5, 0.6) is 0 Å². The van der Waals surface area contributed by atoms with Gasteiger partial charge in [-0.1, -0.05) is 127 Å². The number of unbranched alkanes of at least 4 members (excludes halogenated alkanes) is 14. The first-order chi connectivity index (χ1) is 25.0. The van der Waals surface area contributed by atoms with Crippen molar-refractivity contribution in [2.75, 3.05) is 47.5 Å². The Morgan fingerprint density at radius 3 is 1.52 bits per heavy atom. The lowest BCUT2D eigenvalue weighted by Crippen LogP contribution is -2.37. The van der Waals surface area contributed by atoms with Gasteiger partial charge >= 0.3 is 19.8 Å². The van der Waals surface area contributed by atoms with E-state index < -0.39 is 26.5 Å². The van der Waals surface area contributed by atoms with Gasteiger partial charge in [0, 0.05) is 12.8 Å². The van der Waals surface area contributed by atoms with E-state index in [1.54, 1.807) is 0 Å². The van der Waals surface area contributed by atoms with Gasteiger partial charge in [0.25, 0.3) is 0 Å². The van der Waals surface area contributed by atoms with Crippen molar-refractivity contribution in [3.05, 3.63) is 48.6 Å². The fraction of sp³-hybridized carbons (Fsp3) is 0.762. The lowest BCUT2D eigenvalue weighted by molar-refractivity contribution is -0.870. The van der Waals surface area contributed by atoms with E-state index in [0.717, 1.165) is 96.3 Å². The van der Waals surface area contributed by atoms with Gasteiger partial charge in [-0.05, 0) is 64.2 Å². The van der Waals surface area contributed by atoms with Crippen molar-refractivity contribution in [2.45, 2.75) is 161 Å². The maximum absolute atomic E-state index is 12.6. The summed E-state index contributed by atoms with van der Waals surface area (Å²) in [6.45, 7) is 4.29. The monoisotopic (exact) mass is 755 g/mol. The van der Waals surface area contributed by atoms with Gasteiger partial charge in [0.05, 0.1) is 27.7 Å². The number of phosphoric ester groups is 1. The lowest BCUT2D eigenvalue weighted by Gasteiger charge is -2.24. The Labute approximate surface area is 318 Å². The fourth-order valence-corrected chi connectivity index (χ4v) is 5.79. The number of esters is 2. The zero-order chi connectivity index (χ0) is 38.6. The van der Waals surface area contributed by atoms with Crippen molar-refractivity contribution < 1.29 is 42.1 Å². The van der Waals surface area contributed by atoms with Crippen molar-refractivity contribution in [1.29, 1.82) is 0 Å². The standard InChI is InChI=1S/C42H76NO8P/c1-6-8-10-12-14-16-18-20-22-24-26-28-30-32-34-41(44)48-38-40(39-50-52(46,47)49-37-36-43(3,4)5)51-42(45)35-33-31-29-27-25-23-21-19-17-15-13-11-9-7-2/h12-15,18-21,40H,6-11,16-17,22-39H2,1-5H3/p+1/b14-12-,15-13-,20-18-,21-19-/t40-/m1/s1. The molecular weight excluding hydrogens is 677 g/mol. The number of quaternary nitrogens is 1. The van der Waals surface area contributed by atoms with Gasteiger partial charge in [-0.25, -0.2) is 4.57 Å². The van der Waals surface area contributed by atoms with Gasteiger partial charge in [0.15, 0.2) is 6.10 Å². The van der Waals surface area contributed by atoms with E-state index in [2.05, 4.69) is 62.5 Å². The molecule has 0 rings (SSSR count). The molecule has 0 saturated heterocycles. The Morgan fingerprint density at radius 1 is 0.596 bits per heavy atom. The molecule has 0 heterocycles. The number of nitrogens with zero attached hydrogens (tertiary/aromatic N) is 1. The molecular formula is C42H77NO8P+. The summed E-state index contributed by atoms with van der Waals surface area (Å²) in [5.41, 5.74) is 0. The Hall–Kier alpha value is -2.03. The third-order valence-corrected chi connectivity index (χ3v) is 9.32. The van der Waals surface area contributed by atoms with Crippen LogP contribution in [0.2, 0.25) is 0 Å². The van der Waals surface area contributed by atoms with E-state index in [0.29, 0.717) is 17.4 Å². The topological polar surface area (TPSA) is 108 Å². The van der Waals surface area contributed by atoms with Crippen LogP contribution in [0.4, 0.5) is 0 Å². The molecule has 10 heteroatoms. The molecule has 302 valence electrons. The summed E-state index contributed by atoms with van der Waals surface area (Å²) in [7, 11) is 1.45. The van der Waals surface area contributed by atoms with Crippen LogP contribution < -0.4 is 0 Å². The molecule has 0 saturated carbocycles. The molecule has 2 atom stereocenters. The van der Waals surface area contributed by atoms with E-state index >= 15 is 0 Å². The van der Waals surface area contributed by atoms with Crippen LogP contribution in [0.25, 0.3) is 0 Å². The second kappa shape index (κ2) is 34.7. The third kappa shape index (κ3) is 37.7. The Balaban J connectivity index is 4.46. The first-order valence-electron chi connectivity index (χ1n) is 20.4. The minimum Gasteiger partial charge on any atom is -0.462 e. The molecule has 0 aromatic heterocycles. The van der Waals surface area contributed by atoms with Crippen LogP contribution in [-0.4, -0.2) is 74.9 Å². The van der Waals surface area contributed by atoms with Gasteiger partial charge in [-0.15, -0.1) is 0 Å². The number of ether oxygens (including phenoxy) is 2. The summed E-state index contributed by atoms with van der Waals surface area (Å²) in [5.74, 6) is -0.836. The summed E-state index contributed by atoms with van der Waals surface area (Å²) >= 11 is 0. The molecule has 1 N–H and O–H groups in total. The largest absolute Gasteiger partial charge is 0.472 e. The molecule has 0 aromatic rings. The van der Waals surface area contributed by atoms with E-state index in [-0.39, 0.29) is 32.0 Å². The second-order valence-corrected chi connectivity index (χ2v) is 16.1. The van der Waals surface area contributed by atoms with Crippen LogP contribution >= 0.6 is 7.82 Å². The fourth-order valence-electron chi connectivity index (χ4n) is 5.04. The van der Waals surface area contributed by atoms with Crippen LogP contribution in [-0.2, 0) is 32.7 Å². The molecule has 1 unspecified atom stereocenters. The maximum atomic E-state index is 12.6. The SMILES string of the molecule is CCCC/C=C\C/C=C\CCCCCCCC(=O)OC[C@H](COP(=O)(O)OCC[N+](C)(C)C)OC(=O)CCCCCCC/C=C\C/C=C\CCCC. The number of allylic oxidation sites excluding steroid dienone is 8. The van der Waals surface area contributed by atoms with Crippen molar-refractivity contribution >= 4 is 19.8 Å². The van der Waals surface area contributed by atoms with Crippen LogP contribution in [0.1, 0.15) is 155 Å². The number of likely N-dealkylation sites (N-methyl/N-ethyl adjacent to an activating group) is 1. The van der Waals surface area contributed by atoms with Gasteiger partial charge in [0.2, 0.25) is 0 Å². The highest BCUT2D eigenvalue weighted by Crippen LogP contribution is 2.43. The minimum atomic E-state index is -4.38. The highest BCUT2D eigenvalue weighted by atomic mass is 31.2. The van der Waals surface area contributed by atoms with E-state index in [1.807, 2.05) is 21.1 Å². The molecule has 0 aliphatic heterocycles. The van der Waals surface area contributed by atoms with Crippen LogP contribution in [0, 0.1) is 0 Å². The summed E-state index contributed by atoms with van der Waals surface area (Å²) < 4.78 is 34.2. The number of rotatable bonds is 36. The summed E-state index contributed by atoms with van der Waals surface area (Å²) in [4.78, 5) is 35.2. The second-order valence-electron chi connectivity index (χ2n) is 14.7. The van der Waals surface area contributed by atoms with Crippen LogP contribution in [0.3, 0.4) is 0 Å². The van der Waals surface area contributed by atoms with Gasteiger partial charge in [-0.2, -0.15) is 0 Å². The normalized spacial score (nSPS) is 14.2. The number of phosphoric acid groups is 1. The molecule has 0 aliphatic rings. The van der Waals surface area contributed by atoms with Crippen molar-refractivity contribution in [3.63, 3.8) is 0 Å². The molecule has 0 aromatic carbocycles. The summed E-state index contributed by atoms with van der Waals surface area (Å²) in [5, 5.41) is 0. The van der Waals surface area contributed by atoms with Crippen molar-refractivity contribution in [2.24, 2.45) is 0 Å². The van der Waals surface area contributed by atoms with E-state index in [9.17, 15) is 19.0 Å². The molecule has 0 amide bonds. The predicted molar refractivity (Wildman–Crippen MR) is 215 cm³/mol. The quantitative estimate of drug-likeness (QED) is 0.0221. The minimum absolute atomic E-state index is 0.0248. The highest BCUT2D eigenvalue weighted by molar-refractivity contribution is 7.47. The molecule has 0 spiro atoms.